The molecule has 2 atom stereocenters. The first-order valence-electron chi connectivity index (χ1n) is 6.37. The zero-order valence-electron chi connectivity index (χ0n) is 10.8. The van der Waals surface area contributed by atoms with Crippen LogP contribution in [0.3, 0.4) is 0 Å². The maximum Gasteiger partial charge on any atom is -0.0380 e. The average Bonchev–Trinajstić information content (AvgIpc) is 2.30. The highest BCUT2D eigenvalue weighted by molar-refractivity contribution is 4.79. The molecule has 0 amide bonds. The summed E-state index contributed by atoms with van der Waals surface area (Å²) in [4.78, 5) is 0. The molecule has 0 saturated heterocycles. The molecular formula is C14H28. The van der Waals surface area contributed by atoms with Gasteiger partial charge in [-0.2, -0.15) is 0 Å². The van der Waals surface area contributed by atoms with Crippen LogP contribution in [0.15, 0.2) is 0 Å². The molecule has 0 aromatic carbocycles. The van der Waals surface area contributed by atoms with E-state index in [-0.39, 0.29) is 0 Å². The Morgan fingerprint density at radius 3 is 2.14 bits per heavy atom. The molecule has 0 spiro atoms. The van der Waals surface area contributed by atoms with Crippen LogP contribution in [0, 0.1) is 23.2 Å². The number of rotatable bonds is 3. The van der Waals surface area contributed by atoms with Gasteiger partial charge in [-0.25, -0.2) is 0 Å². The van der Waals surface area contributed by atoms with E-state index in [2.05, 4.69) is 34.6 Å². The van der Waals surface area contributed by atoms with E-state index >= 15 is 0 Å². The number of hydrogen-bond donors (Lipinski definition) is 0. The standard InChI is InChI=1S/C14H28/c1-11(2)8-12-6-7-13(9-12)10-14(3,4)5/h11-13H,6-10H2,1-5H3. The molecule has 1 aliphatic rings. The minimum atomic E-state index is 0.539. The molecule has 0 aliphatic heterocycles. The molecule has 14 heavy (non-hydrogen) atoms. The van der Waals surface area contributed by atoms with Crippen LogP contribution < -0.4 is 0 Å². The molecule has 1 rings (SSSR count). The van der Waals surface area contributed by atoms with Gasteiger partial charge in [-0.1, -0.05) is 47.5 Å². The van der Waals surface area contributed by atoms with Crippen LogP contribution in [0.5, 0.6) is 0 Å². The summed E-state index contributed by atoms with van der Waals surface area (Å²) < 4.78 is 0. The van der Waals surface area contributed by atoms with Crippen LogP contribution in [0.2, 0.25) is 0 Å². The van der Waals surface area contributed by atoms with Crippen LogP contribution in [0.4, 0.5) is 0 Å². The van der Waals surface area contributed by atoms with Gasteiger partial charge in [-0.15, -0.1) is 0 Å². The summed E-state index contributed by atoms with van der Waals surface area (Å²) in [6.45, 7) is 11.8. The van der Waals surface area contributed by atoms with Crippen molar-refractivity contribution in [1.82, 2.24) is 0 Å². The van der Waals surface area contributed by atoms with Gasteiger partial charge in [0.15, 0.2) is 0 Å². The van der Waals surface area contributed by atoms with Crippen molar-refractivity contribution in [2.75, 3.05) is 0 Å². The second-order valence-corrected chi connectivity index (χ2v) is 6.94. The fraction of sp³-hybridized carbons (Fsp3) is 1.00. The zero-order chi connectivity index (χ0) is 10.8. The Labute approximate surface area is 90.5 Å². The topological polar surface area (TPSA) is 0 Å². The summed E-state index contributed by atoms with van der Waals surface area (Å²) in [5.41, 5.74) is 0.539. The van der Waals surface area contributed by atoms with E-state index in [1.807, 2.05) is 0 Å². The molecule has 84 valence electrons. The SMILES string of the molecule is CC(C)CC1CCC(CC(C)(C)C)C1. The third kappa shape index (κ3) is 4.48. The van der Waals surface area contributed by atoms with E-state index in [0.29, 0.717) is 5.41 Å². The summed E-state index contributed by atoms with van der Waals surface area (Å²) in [6.07, 6.45) is 7.39. The van der Waals surface area contributed by atoms with E-state index in [1.54, 1.807) is 0 Å². The Hall–Kier alpha value is 0. The predicted molar refractivity (Wildman–Crippen MR) is 64.4 cm³/mol. The lowest BCUT2D eigenvalue weighted by Crippen LogP contribution is -2.11. The maximum absolute atomic E-state index is 2.38. The van der Waals surface area contributed by atoms with Gasteiger partial charge in [-0.3, -0.25) is 0 Å². The second kappa shape index (κ2) is 4.68. The Kier molecular flexibility index (Phi) is 4.04. The van der Waals surface area contributed by atoms with Gasteiger partial charge in [0.25, 0.3) is 0 Å². The van der Waals surface area contributed by atoms with Crippen LogP contribution in [-0.2, 0) is 0 Å². The lowest BCUT2D eigenvalue weighted by atomic mass is 9.83. The van der Waals surface area contributed by atoms with Crippen LogP contribution in [-0.4, -0.2) is 0 Å². The first-order valence-corrected chi connectivity index (χ1v) is 6.37. The van der Waals surface area contributed by atoms with E-state index in [1.165, 1.54) is 32.1 Å². The van der Waals surface area contributed by atoms with Gasteiger partial charge in [0, 0.05) is 0 Å². The zero-order valence-corrected chi connectivity index (χ0v) is 10.8. The van der Waals surface area contributed by atoms with E-state index in [4.69, 9.17) is 0 Å². The van der Waals surface area contributed by atoms with Crippen LogP contribution in [0.1, 0.15) is 66.7 Å². The van der Waals surface area contributed by atoms with Gasteiger partial charge < -0.3 is 0 Å². The quantitative estimate of drug-likeness (QED) is 0.603. The minimum Gasteiger partial charge on any atom is -0.0628 e. The molecule has 0 aromatic rings. The molecule has 0 aromatic heterocycles. The fourth-order valence-corrected chi connectivity index (χ4v) is 3.11. The Morgan fingerprint density at radius 2 is 1.64 bits per heavy atom. The molecular weight excluding hydrogens is 168 g/mol. The fourth-order valence-electron chi connectivity index (χ4n) is 3.11. The van der Waals surface area contributed by atoms with E-state index in [9.17, 15) is 0 Å². The maximum atomic E-state index is 2.38. The van der Waals surface area contributed by atoms with Gasteiger partial charge in [-0.05, 0) is 42.4 Å². The van der Waals surface area contributed by atoms with Gasteiger partial charge in [0.2, 0.25) is 0 Å². The minimum absolute atomic E-state index is 0.539. The number of hydrogen-bond acceptors (Lipinski definition) is 0. The molecule has 0 N–H and O–H groups in total. The average molecular weight is 196 g/mol. The molecule has 1 aliphatic carbocycles. The van der Waals surface area contributed by atoms with E-state index in [0.717, 1.165) is 17.8 Å². The Balaban J connectivity index is 2.27. The molecule has 0 heteroatoms. The van der Waals surface area contributed by atoms with Crippen LogP contribution >= 0.6 is 0 Å². The van der Waals surface area contributed by atoms with Crippen LogP contribution in [0.25, 0.3) is 0 Å². The summed E-state index contributed by atoms with van der Waals surface area (Å²) in [7, 11) is 0. The molecule has 0 heterocycles. The van der Waals surface area contributed by atoms with Gasteiger partial charge in [0.1, 0.15) is 0 Å². The first kappa shape index (κ1) is 12.1. The molecule has 1 fully saturated rings. The highest BCUT2D eigenvalue weighted by atomic mass is 14.3. The van der Waals surface area contributed by atoms with Crippen molar-refractivity contribution in [3.8, 4) is 0 Å². The highest BCUT2D eigenvalue weighted by Gasteiger charge is 2.28. The predicted octanol–water partition coefficient (Wildman–Crippen LogP) is 4.89. The highest BCUT2D eigenvalue weighted by Crippen LogP contribution is 2.40. The summed E-state index contributed by atoms with van der Waals surface area (Å²) in [5, 5.41) is 0. The van der Waals surface area contributed by atoms with Crippen molar-refractivity contribution in [1.29, 1.82) is 0 Å². The second-order valence-electron chi connectivity index (χ2n) is 6.94. The smallest absolute Gasteiger partial charge is 0.0380 e. The lowest BCUT2D eigenvalue weighted by Gasteiger charge is -2.23. The largest absolute Gasteiger partial charge is 0.0628 e. The monoisotopic (exact) mass is 196 g/mol. The molecule has 0 nitrogen and oxygen atoms in total. The third-order valence-corrected chi connectivity index (χ3v) is 3.36. The van der Waals surface area contributed by atoms with E-state index < -0.39 is 0 Å². The Morgan fingerprint density at radius 1 is 1.07 bits per heavy atom. The van der Waals surface area contributed by atoms with Gasteiger partial charge >= 0.3 is 0 Å². The molecule has 1 saturated carbocycles. The van der Waals surface area contributed by atoms with Crippen molar-refractivity contribution in [3.63, 3.8) is 0 Å². The summed E-state index contributed by atoms with van der Waals surface area (Å²) in [6, 6.07) is 0. The first-order chi connectivity index (χ1) is 6.37. The van der Waals surface area contributed by atoms with Crippen molar-refractivity contribution in [2.45, 2.75) is 66.7 Å². The summed E-state index contributed by atoms with van der Waals surface area (Å²) >= 11 is 0. The van der Waals surface area contributed by atoms with Crippen molar-refractivity contribution >= 4 is 0 Å². The summed E-state index contributed by atoms with van der Waals surface area (Å²) in [5.74, 6) is 2.97. The van der Waals surface area contributed by atoms with Gasteiger partial charge in [0.05, 0.1) is 0 Å². The third-order valence-electron chi connectivity index (χ3n) is 3.36. The Bertz CT molecular complexity index is 161. The molecule has 0 bridgehead atoms. The molecule has 0 radical (unpaired) electrons. The normalized spacial score (nSPS) is 28.7. The molecule has 2 unspecified atom stereocenters. The van der Waals surface area contributed by atoms with Crippen molar-refractivity contribution < 1.29 is 0 Å². The van der Waals surface area contributed by atoms with Crippen molar-refractivity contribution in [2.24, 2.45) is 23.2 Å². The van der Waals surface area contributed by atoms with Crippen molar-refractivity contribution in [3.05, 3.63) is 0 Å². The lowest BCUT2D eigenvalue weighted by molar-refractivity contribution is 0.287.